The van der Waals surface area contributed by atoms with E-state index in [1.54, 1.807) is 7.11 Å². The zero-order valence-electron chi connectivity index (χ0n) is 7.00. The third-order valence-corrected chi connectivity index (χ3v) is 2.74. The summed E-state index contributed by atoms with van der Waals surface area (Å²) in [4.78, 5) is 0. The maximum absolute atomic E-state index is 5.20. The van der Waals surface area contributed by atoms with Gasteiger partial charge >= 0.3 is 0 Å². The monoisotopic (exact) mass is 179 g/mol. The number of aromatic nitrogens is 1. The third-order valence-electron chi connectivity index (χ3n) is 1.98. The molecule has 0 saturated carbocycles. The molecule has 0 aliphatic heterocycles. The van der Waals surface area contributed by atoms with Gasteiger partial charge in [-0.2, -0.15) is 4.37 Å². The normalized spacial score (nSPS) is 10.5. The molecule has 2 nitrogen and oxygen atoms in total. The van der Waals surface area contributed by atoms with Crippen LogP contribution in [0.25, 0.3) is 10.1 Å². The lowest BCUT2D eigenvalue weighted by Gasteiger charge is -2.03. The van der Waals surface area contributed by atoms with Crippen molar-refractivity contribution in [2.24, 2.45) is 0 Å². The smallest absolute Gasteiger partial charge is 0.122 e. The summed E-state index contributed by atoms with van der Waals surface area (Å²) in [5.74, 6) is 0.933. The fourth-order valence-electron chi connectivity index (χ4n) is 1.28. The zero-order valence-corrected chi connectivity index (χ0v) is 7.81. The lowest BCUT2D eigenvalue weighted by atomic mass is 10.1. The maximum Gasteiger partial charge on any atom is 0.122 e. The summed E-state index contributed by atoms with van der Waals surface area (Å²) in [5.41, 5.74) is 1.17. The summed E-state index contributed by atoms with van der Waals surface area (Å²) < 4.78 is 10.5. The average molecular weight is 179 g/mol. The minimum Gasteiger partial charge on any atom is -0.496 e. The van der Waals surface area contributed by atoms with Gasteiger partial charge in [-0.15, -0.1) is 0 Å². The molecule has 0 unspecified atom stereocenters. The van der Waals surface area contributed by atoms with Gasteiger partial charge in [0.1, 0.15) is 5.75 Å². The van der Waals surface area contributed by atoms with Crippen molar-refractivity contribution in [3.8, 4) is 5.75 Å². The Bertz CT molecular complexity index is 408. The highest BCUT2D eigenvalue weighted by Crippen LogP contribution is 2.28. The number of fused-ring (bicyclic) bond motifs is 1. The van der Waals surface area contributed by atoms with E-state index >= 15 is 0 Å². The van der Waals surface area contributed by atoms with Crippen LogP contribution in [0.3, 0.4) is 0 Å². The summed E-state index contributed by atoms with van der Waals surface area (Å²) in [6.45, 7) is 2.05. The van der Waals surface area contributed by atoms with Gasteiger partial charge in [0.15, 0.2) is 0 Å². The molecule has 0 atom stereocenters. The van der Waals surface area contributed by atoms with Crippen LogP contribution in [0.2, 0.25) is 0 Å². The van der Waals surface area contributed by atoms with Crippen LogP contribution in [-0.4, -0.2) is 11.5 Å². The molecular formula is C9H9NOS. The fourth-order valence-corrected chi connectivity index (χ4v) is 1.99. The highest BCUT2D eigenvalue weighted by molar-refractivity contribution is 7.13. The van der Waals surface area contributed by atoms with Gasteiger partial charge in [0, 0.05) is 17.1 Å². The number of ether oxygens (including phenoxy) is 1. The quantitative estimate of drug-likeness (QED) is 0.671. The molecule has 0 amide bonds. The fraction of sp³-hybridized carbons (Fsp3) is 0.222. The Labute approximate surface area is 75.0 Å². The van der Waals surface area contributed by atoms with Crippen molar-refractivity contribution >= 4 is 21.6 Å². The zero-order chi connectivity index (χ0) is 8.55. The Hall–Kier alpha value is -1.09. The Balaban J connectivity index is 2.78. The van der Waals surface area contributed by atoms with Gasteiger partial charge in [-0.1, -0.05) is 0 Å². The van der Waals surface area contributed by atoms with Crippen LogP contribution >= 0.6 is 11.5 Å². The molecule has 1 aromatic carbocycles. The van der Waals surface area contributed by atoms with Crippen LogP contribution in [0, 0.1) is 6.92 Å². The molecular weight excluding hydrogens is 170 g/mol. The highest BCUT2D eigenvalue weighted by Gasteiger charge is 2.04. The molecule has 0 fully saturated rings. The van der Waals surface area contributed by atoms with Crippen LogP contribution in [0.5, 0.6) is 5.75 Å². The predicted molar refractivity (Wildman–Crippen MR) is 50.9 cm³/mol. The van der Waals surface area contributed by atoms with Gasteiger partial charge in [0.05, 0.1) is 11.8 Å². The minimum absolute atomic E-state index is 0.933. The average Bonchev–Trinajstić information content (AvgIpc) is 2.53. The maximum atomic E-state index is 5.20. The summed E-state index contributed by atoms with van der Waals surface area (Å²) in [6.07, 6.45) is 1.89. The van der Waals surface area contributed by atoms with E-state index in [1.165, 1.54) is 27.2 Å². The van der Waals surface area contributed by atoms with Gasteiger partial charge in [0.2, 0.25) is 0 Å². The largest absolute Gasteiger partial charge is 0.496 e. The molecule has 2 rings (SSSR count). The number of rotatable bonds is 1. The van der Waals surface area contributed by atoms with Crippen molar-refractivity contribution in [3.63, 3.8) is 0 Å². The van der Waals surface area contributed by atoms with Crippen molar-refractivity contribution in [3.05, 3.63) is 23.9 Å². The Morgan fingerprint density at radius 2 is 2.25 bits per heavy atom. The Kier molecular flexibility index (Phi) is 1.73. The molecule has 62 valence electrons. The second-order valence-electron chi connectivity index (χ2n) is 2.63. The van der Waals surface area contributed by atoms with E-state index in [0.29, 0.717) is 0 Å². The number of benzene rings is 1. The standard InChI is InChI=1S/C9H9NOS/c1-6-7-5-10-12-9(7)4-3-8(6)11-2/h3-5H,1-2H3. The number of methoxy groups -OCH3 is 1. The summed E-state index contributed by atoms with van der Waals surface area (Å²) in [7, 11) is 1.69. The number of aryl methyl sites for hydroxylation is 1. The third kappa shape index (κ3) is 0.975. The number of hydrogen-bond acceptors (Lipinski definition) is 3. The number of hydrogen-bond donors (Lipinski definition) is 0. The van der Waals surface area contributed by atoms with E-state index in [2.05, 4.69) is 11.3 Å². The van der Waals surface area contributed by atoms with Gasteiger partial charge < -0.3 is 4.74 Å². The molecule has 0 spiro atoms. The molecule has 1 heterocycles. The summed E-state index contributed by atoms with van der Waals surface area (Å²) >= 11 is 1.52. The first-order valence-corrected chi connectivity index (χ1v) is 4.48. The molecule has 0 N–H and O–H groups in total. The molecule has 2 aromatic rings. The second kappa shape index (κ2) is 2.75. The first-order valence-electron chi connectivity index (χ1n) is 3.71. The molecule has 3 heteroatoms. The molecule has 1 aromatic heterocycles. The van der Waals surface area contributed by atoms with Crippen molar-refractivity contribution in [2.45, 2.75) is 6.92 Å². The molecule has 0 radical (unpaired) electrons. The lowest BCUT2D eigenvalue weighted by molar-refractivity contribution is 0.412. The van der Waals surface area contributed by atoms with E-state index in [0.717, 1.165) is 5.75 Å². The minimum atomic E-state index is 0.933. The molecule has 12 heavy (non-hydrogen) atoms. The van der Waals surface area contributed by atoms with Crippen molar-refractivity contribution < 1.29 is 4.74 Å². The second-order valence-corrected chi connectivity index (χ2v) is 3.46. The van der Waals surface area contributed by atoms with E-state index in [9.17, 15) is 0 Å². The number of nitrogens with zero attached hydrogens (tertiary/aromatic N) is 1. The summed E-state index contributed by atoms with van der Waals surface area (Å²) in [6, 6.07) is 4.02. The van der Waals surface area contributed by atoms with Crippen LogP contribution in [-0.2, 0) is 0 Å². The van der Waals surface area contributed by atoms with Gasteiger partial charge in [-0.3, -0.25) is 0 Å². The van der Waals surface area contributed by atoms with E-state index in [1.807, 2.05) is 18.3 Å². The van der Waals surface area contributed by atoms with E-state index in [4.69, 9.17) is 4.74 Å². The molecule has 0 aliphatic rings. The van der Waals surface area contributed by atoms with Crippen LogP contribution in [0.4, 0.5) is 0 Å². The first kappa shape index (κ1) is 7.55. The lowest BCUT2D eigenvalue weighted by Crippen LogP contribution is -1.85. The topological polar surface area (TPSA) is 22.1 Å². The first-order chi connectivity index (χ1) is 5.83. The Morgan fingerprint density at radius 1 is 1.42 bits per heavy atom. The van der Waals surface area contributed by atoms with Crippen LogP contribution in [0.15, 0.2) is 18.3 Å². The van der Waals surface area contributed by atoms with Gasteiger partial charge in [-0.05, 0) is 30.6 Å². The molecule has 0 aliphatic carbocycles. The molecule has 0 saturated heterocycles. The highest BCUT2D eigenvalue weighted by atomic mass is 32.1. The van der Waals surface area contributed by atoms with E-state index < -0.39 is 0 Å². The predicted octanol–water partition coefficient (Wildman–Crippen LogP) is 2.61. The van der Waals surface area contributed by atoms with Crippen molar-refractivity contribution in [1.29, 1.82) is 0 Å². The Morgan fingerprint density at radius 3 is 3.00 bits per heavy atom. The van der Waals surface area contributed by atoms with Crippen molar-refractivity contribution in [2.75, 3.05) is 7.11 Å². The van der Waals surface area contributed by atoms with Gasteiger partial charge in [0.25, 0.3) is 0 Å². The van der Waals surface area contributed by atoms with Crippen LogP contribution in [0.1, 0.15) is 5.56 Å². The van der Waals surface area contributed by atoms with Gasteiger partial charge in [-0.25, -0.2) is 0 Å². The van der Waals surface area contributed by atoms with Crippen molar-refractivity contribution in [1.82, 2.24) is 4.37 Å². The summed E-state index contributed by atoms with van der Waals surface area (Å²) in [5, 5.41) is 1.19. The molecule has 0 bridgehead atoms. The van der Waals surface area contributed by atoms with Crippen LogP contribution < -0.4 is 4.74 Å². The SMILES string of the molecule is COc1ccc2sncc2c1C. The van der Waals surface area contributed by atoms with E-state index in [-0.39, 0.29) is 0 Å².